The molecule has 0 saturated carbocycles. The highest BCUT2D eigenvalue weighted by Gasteiger charge is 2.36. The molecular formula is C23H21F3N4O. The predicted molar refractivity (Wildman–Crippen MR) is 109 cm³/mol. The van der Waals surface area contributed by atoms with Crippen molar-refractivity contribution in [2.75, 3.05) is 13.1 Å². The zero-order chi connectivity index (χ0) is 22.3. The molecule has 1 saturated heterocycles. The summed E-state index contributed by atoms with van der Waals surface area (Å²) < 4.78 is 39.1. The smallest absolute Gasteiger partial charge is 0.374 e. The minimum Gasteiger partial charge on any atom is -0.374 e. The van der Waals surface area contributed by atoms with Crippen molar-refractivity contribution < 1.29 is 18.3 Å². The number of nitriles is 1. The molecular weight excluding hydrogens is 405 g/mol. The minimum absolute atomic E-state index is 0.256. The number of likely N-dealkylation sites (tertiary alicyclic amines) is 1. The molecule has 1 unspecified atom stereocenters. The highest BCUT2D eigenvalue weighted by molar-refractivity contribution is 5.67. The molecule has 3 aromatic rings. The van der Waals surface area contributed by atoms with Crippen molar-refractivity contribution in [3.8, 4) is 17.3 Å². The molecule has 1 aromatic heterocycles. The summed E-state index contributed by atoms with van der Waals surface area (Å²) in [6.45, 7) is 4.64. The number of aromatic nitrogens is 2. The van der Waals surface area contributed by atoms with Gasteiger partial charge < -0.3 is 10.1 Å². The maximum Gasteiger partial charge on any atom is 0.449 e. The summed E-state index contributed by atoms with van der Waals surface area (Å²) in [5.41, 5.74) is 4.26. The lowest BCUT2D eigenvalue weighted by Gasteiger charge is -2.42. The van der Waals surface area contributed by atoms with Gasteiger partial charge in [-0.25, -0.2) is 4.98 Å². The largest absolute Gasteiger partial charge is 0.449 e. The summed E-state index contributed by atoms with van der Waals surface area (Å²) in [6, 6.07) is 14.8. The molecule has 1 aliphatic rings. The fourth-order valence-corrected chi connectivity index (χ4v) is 3.89. The Hall–Kier alpha value is -3.15. The Bertz CT molecular complexity index is 1140. The van der Waals surface area contributed by atoms with Gasteiger partial charge in [0.05, 0.1) is 23.0 Å². The van der Waals surface area contributed by atoms with E-state index in [9.17, 15) is 18.3 Å². The molecule has 0 radical (unpaired) electrons. The van der Waals surface area contributed by atoms with E-state index in [0.29, 0.717) is 35.5 Å². The van der Waals surface area contributed by atoms with Crippen molar-refractivity contribution in [2.45, 2.75) is 32.2 Å². The molecule has 1 fully saturated rings. The van der Waals surface area contributed by atoms with Crippen molar-refractivity contribution in [3.05, 3.63) is 76.2 Å². The Kier molecular flexibility index (Phi) is 5.33. The van der Waals surface area contributed by atoms with E-state index in [1.54, 1.807) is 30.3 Å². The van der Waals surface area contributed by atoms with Crippen LogP contribution in [0.4, 0.5) is 13.2 Å². The van der Waals surface area contributed by atoms with Gasteiger partial charge in [0.25, 0.3) is 0 Å². The van der Waals surface area contributed by atoms with E-state index in [1.165, 1.54) is 6.92 Å². The fourth-order valence-electron chi connectivity index (χ4n) is 3.89. The van der Waals surface area contributed by atoms with E-state index in [-0.39, 0.29) is 11.6 Å². The van der Waals surface area contributed by atoms with Crippen LogP contribution < -0.4 is 0 Å². The number of benzene rings is 2. The third-order valence-electron chi connectivity index (χ3n) is 5.75. The Balaban J connectivity index is 1.52. The van der Waals surface area contributed by atoms with Crippen LogP contribution in [0.3, 0.4) is 0 Å². The van der Waals surface area contributed by atoms with Gasteiger partial charge in [0.15, 0.2) is 0 Å². The number of alkyl halides is 3. The van der Waals surface area contributed by atoms with E-state index in [4.69, 9.17) is 5.26 Å². The highest BCUT2D eigenvalue weighted by Crippen LogP contribution is 2.36. The maximum absolute atomic E-state index is 13.0. The van der Waals surface area contributed by atoms with Crippen LogP contribution in [0.2, 0.25) is 0 Å². The number of aliphatic hydroxyl groups is 1. The van der Waals surface area contributed by atoms with Gasteiger partial charge in [-0.05, 0) is 48.7 Å². The molecule has 2 heterocycles. The quantitative estimate of drug-likeness (QED) is 0.636. The highest BCUT2D eigenvalue weighted by atomic mass is 19.4. The first-order valence-electron chi connectivity index (χ1n) is 9.84. The lowest BCUT2D eigenvalue weighted by Crippen LogP contribution is -2.46. The van der Waals surface area contributed by atoms with Crippen molar-refractivity contribution in [2.24, 2.45) is 0 Å². The average Bonchev–Trinajstić information content (AvgIpc) is 3.09. The van der Waals surface area contributed by atoms with Crippen LogP contribution in [-0.4, -0.2) is 33.1 Å². The number of rotatable bonds is 4. The van der Waals surface area contributed by atoms with E-state index in [1.807, 2.05) is 24.0 Å². The van der Waals surface area contributed by atoms with Gasteiger partial charge >= 0.3 is 6.18 Å². The number of hydrogen-bond donors (Lipinski definition) is 2. The summed E-state index contributed by atoms with van der Waals surface area (Å²) in [5, 5.41) is 19.7. The summed E-state index contributed by atoms with van der Waals surface area (Å²) >= 11 is 0. The Morgan fingerprint density at radius 2 is 1.84 bits per heavy atom. The van der Waals surface area contributed by atoms with Crippen LogP contribution in [0, 0.1) is 25.2 Å². The monoisotopic (exact) mass is 426 g/mol. The molecule has 2 N–H and O–H groups in total. The van der Waals surface area contributed by atoms with Gasteiger partial charge in [0, 0.05) is 24.6 Å². The first-order valence-corrected chi connectivity index (χ1v) is 9.84. The van der Waals surface area contributed by atoms with Crippen molar-refractivity contribution in [1.29, 1.82) is 5.26 Å². The normalized spacial score (nSPS) is 16.0. The van der Waals surface area contributed by atoms with Gasteiger partial charge in [-0.15, -0.1) is 0 Å². The van der Waals surface area contributed by atoms with Crippen molar-refractivity contribution >= 4 is 0 Å². The first kappa shape index (κ1) is 21.1. The second-order valence-electron chi connectivity index (χ2n) is 7.88. The Morgan fingerprint density at radius 3 is 2.42 bits per heavy atom. The molecule has 1 aliphatic heterocycles. The fraction of sp³-hybridized carbons (Fsp3) is 0.304. The third kappa shape index (κ3) is 4.07. The molecule has 0 bridgehead atoms. The molecule has 2 aromatic carbocycles. The van der Waals surface area contributed by atoms with Crippen LogP contribution in [0.1, 0.15) is 45.9 Å². The number of imidazole rings is 1. The van der Waals surface area contributed by atoms with Gasteiger partial charge in [-0.1, -0.05) is 24.3 Å². The number of H-pyrrole nitrogens is 1. The Morgan fingerprint density at radius 1 is 1.16 bits per heavy atom. The minimum atomic E-state index is -4.55. The molecule has 4 rings (SSSR count). The van der Waals surface area contributed by atoms with Gasteiger partial charge in [0.1, 0.15) is 6.23 Å². The molecule has 0 amide bonds. The zero-order valence-corrected chi connectivity index (χ0v) is 17.0. The lowest BCUT2D eigenvalue weighted by molar-refractivity contribution is -0.144. The molecule has 0 spiro atoms. The molecule has 8 heteroatoms. The lowest BCUT2D eigenvalue weighted by atomic mass is 9.89. The zero-order valence-electron chi connectivity index (χ0n) is 17.0. The maximum atomic E-state index is 13.0. The van der Waals surface area contributed by atoms with E-state index in [2.05, 4.69) is 16.0 Å². The van der Waals surface area contributed by atoms with Crippen molar-refractivity contribution in [3.63, 3.8) is 0 Å². The summed E-state index contributed by atoms with van der Waals surface area (Å²) in [5.74, 6) is -0.769. The number of aliphatic hydroxyl groups excluding tert-OH is 1. The number of aryl methyl sites for hydroxylation is 2. The topological polar surface area (TPSA) is 75.9 Å². The second-order valence-corrected chi connectivity index (χ2v) is 7.88. The van der Waals surface area contributed by atoms with Crippen LogP contribution in [0.25, 0.3) is 11.3 Å². The summed E-state index contributed by atoms with van der Waals surface area (Å²) in [7, 11) is 0. The van der Waals surface area contributed by atoms with E-state index >= 15 is 0 Å². The number of halogens is 3. The standard InChI is InChI=1S/C23H21F3N4O/c1-13-3-6-17(9-19(13)20-14(2)28-22(29-20)23(24,25)26)21(31)30-11-18(12-30)16-7-4-15(10-27)5-8-16/h3-9,18,21,31H,11-12H2,1-2H3,(H,28,29). The second kappa shape index (κ2) is 7.84. The SMILES string of the molecule is Cc1ccc(C(O)N2CC(c3ccc(C#N)cc3)C2)cc1-c1[nH]c(C(F)(F)F)nc1C. The van der Waals surface area contributed by atoms with E-state index < -0.39 is 18.2 Å². The summed E-state index contributed by atoms with van der Waals surface area (Å²) in [6.07, 6.45) is -5.41. The van der Waals surface area contributed by atoms with Gasteiger partial charge in [0.2, 0.25) is 5.82 Å². The first-order chi connectivity index (χ1) is 14.7. The predicted octanol–water partition coefficient (Wildman–Crippen LogP) is 4.67. The Labute approximate surface area is 177 Å². The summed E-state index contributed by atoms with van der Waals surface area (Å²) in [4.78, 5) is 7.91. The molecule has 5 nitrogen and oxygen atoms in total. The number of hydrogen-bond acceptors (Lipinski definition) is 4. The third-order valence-corrected chi connectivity index (χ3v) is 5.75. The molecule has 1 atom stereocenters. The average molecular weight is 426 g/mol. The van der Waals surface area contributed by atoms with Crippen molar-refractivity contribution in [1.82, 2.24) is 14.9 Å². The number of aromatic amines is 1. The van der Waals surface area contributed by atoms with Gasteiger partial charge in [-0.3, -0.25) is 4.90 Å². The van der Waals surface area contributed by atoms with Gasteiger partial charge in [-0.2, -0.15) is 18.4 Å². The van der Waals surface area contributed by atoms with Crippen LogP contribution in [-0.2, 0) is 6.18 Å². The van der Waals surface area contributed by atoms with Crippen LogP contribution >= 0.6 is 0 Å². The number of nitrogens with one attached hydrogen (secondary N) is 1. The van der Waals surface area contributed by atoms with Crippen LogP contribution in [0.5, 0.6) is 0 Å². The van der Waals surface area contributed by atoms with Crippen LogP contribution in [0.15, 0.2) is 42.5 Å². The molecule has 160 valence electrons. The molecule has 0 aliphatic carbocycles. The number of nitrogens with zero attached hydrogens (tertiary/aromatic N) is 3. The molecule has 31 heavy (non-hydrogen) atoms. The van der Waals surface area contributed by atoms with E-state index in [0.717, 1.165) is 11.1 Å².